The highest BCUT2D eigenvalue weighted by atomic mass is 15.3. The summed E-state index contributed by atoms with van der Waals surface area (Å²) < 4.78 is 1.98. The number of pyridine rings is 1. The van der Waals surface area contributed by atoms with E-state index in [2.05, 4.69) is 34.0 Å². The van der Waals surface area contributed by atoms with Crippen LogP contribution in [0.1, 0.15) is 31.7 Å². The Kier molecular flexibility index (Phi) is 4.11. The van der Waals surface area contributed by atoms with Gasteiger partial charge in [0.15, 0.2) is 0 Å². The average Bonchev–Trinajstić information content (AvgIpc) is 2.98. The first-order valence-corrected chi connectivity index (χ1v) is 7.56. The molecule has 0 N–H and O–H groups in total. The van der Waals surface area contributed by atoms with Gasteiger partial charge in [-0.05, 0) is 50.6 Å². The van der Waals surface area contributed by atoms with Gasteiger partial charge in [-0.3, -0.25) is 14.6 Å². The highest BCUT2D eigenvalue weighted by molar-refractivity contribution is 5.54. The zero-order chi connectivity index (χ0) is 13.8. The van der Waals surface area contributed by atoms with E-state index in [-0.39, 0.29) is 0 Å². The Morgan fingerprint density at radius 1 is 1.10 bits per heavy atom. The summed E-state index contributed by atoms with van der Waals surface area (Å²) >= 11 is 0. The van der Waals surface area contributed by atoms with E-state index >= 15 is 0 Å². The fourth-order valence-corrected chi connectivity index (χ4v) is 2.85. The van der Waals surface area contributed by atoms with Crippen molar-refractivity contribution in [3.63, 3.8) is 0 Å². The molecular formula is C16H22N4. The van der Waals surface area contributed by atoms with E-state index in [9.17, 15) is 0 Å². The van der Waals surface area contributed by atoms with E-state index in [0.717, 1.165) is 24.5 Å². The van der Waals surface area contributed by atoms with Gasteiger partial charge in [-0.1, -0.05) is 12.5 Å². The molecule has 2 aromatic heterocycles. The number of piperidine rings is 1. The van der Waals surface area contributed by atoms with E-state index in [1.807, 2.05) is 23.1 Å². The highest BCUT2D eigenvalue weighted by Crippen LogP contribution is 2.18. The number of aryl methyl sites for hydroxylation is 1. The van der Waals surface area contributed by atoms with Crippen molar-refractivity contribution in [2.75, 3.05) is 13.1 Å². The molecule has 1 saturated heterocycles. The third-order valence-electron chi connectivity index (χ3n) is 3.96. The number of likely N-dealkylation sites (tertiary alicyclic amines) is 1. The number of hydrogen-bond acceptors (Lipinski definition) is 3. The SMILES string of the molecule is CCn1nccc1-c1ccc(CN2CCCCC2)cn1. The first-order valence-electron chi connectivity index (χ1n) is 7.56. The van der Waals surface area contributed by atoms with Crippen molar-refractivity contribution in [1.82, 2.24) is 19.7 Å². The van der Waals surface area contributed by atoms with Crippen LogP contribution in [0.4, 0.5) is 0 Å². The third kappa shape index (κ3) is 2.90. The van der Waals surface area contributed by atoms with Crippen molar-refractivity contribution < 1.29 is 0 Å². The first kappa shape index (κ1) is 13.3. The van der Waals surface area contributed by atoms with Crippen LogP contribution in [0.2, 0.25) is 0 Å². The van der Waals surface area contributed by atoms with Gasteiger partial charge in [0, 0.05) is 25.5 Å². The molecular weight excluding hydrogens is 248 g/mol. The Balaban J connectivity index is 1.71. The van der Waals surface area contributed by atoms with E-state index in [4.69, 9.17) is 0 Å². The molecule has 1 fully saturated rings. The lowest BCUT2D eigenvalue weighted by atomic mass is 10.1. The van der Waals surface area contributed by atoms with Gasteiger partial charge in [0.1, 0.15) is 0 Å². The van der Waals surface area contributed by atoms with Gasteiger partial charge in [-0.2, -0.15) is 5.10 Å². The van der Waals surface area contributed by atoms with E-state index < -0.39 is 0 Å². The molecule has 1 aliphatic heterocycles. The predicted octanol–water partition coefficient (Wildman–Crippen LogP) is 2.95. The summed E-state index contributed by atoms with van der Waals surface area (Å²) in [4.78, 5) is 7.13. The molecule has 0 amide bonds. The molecule has 2 aromatic rings. The monoisotopic (exact) mass is 270 g/mol. The first-order chi connectivity index (χ1) is 9.86. The molecule has 4 nitrogen and oxygen atoms in total. The highest BCUT2D eigenvalue weighted by Gasteiger charge is 2.11. The van der Waals surface area contributed by atoms with Crippen molar-refractivity contribution in [3.05, 3.63) is 36.2 Å². The fraction of sp³-hybridized carbons (Fsp3) is 0.500. The second-order valence-corrected chi connectivity index (χ2v) is 5.42. The molecule has 0 atom stereocenters. The lowest BCUT2D eigenvalue weighted by molar-refractivity contribution is 0.220. The minimum absolute atomic E-state index is 0.875. The fourth-order valence-electron chi connectivity index (χ4n) is 2.85. The topological polar surface area (TPSA) is 34.0 Å². The summed E-state index contributed by atoms with van der Waals surface area (Å²) in [5, 5.41) is 4.30. The molecule has 106 valence electrons. The number of nitrogens with zero attached hydrogens (tertiary/aromatic N) is 4. The van der Waals surface area contributed by atoms with Crippen molar-refractivity contribution >= 4 is 0 Å². The standard InChI is InChI=1S/C16H22N4/c1-2-20-16(8-9-18-20)15-7-6-14(12-17-15)13-19-10-4-3-5-11-19/h6-9,12H,2-5,10-11,13H2,1H3. The van der Waals surface area contributed by atoms with Crippen molar-refractivity contribution in [1.29, 1.82) is 0 Å². The molecule has 0 bridgehead atoms. The predicted molar refractivity (Wildman–Crippen MR) is 80.3 cm³/mol. The van der Waals surface area contributed by atoms with Crippen molar-refractivity contribution in [2.24, 2.45) is 0 Å². The number of aromatic nitrogens is 3. The van der Waals surface area contributed by atoms with Gasteiger partial charge in [0.25, 0.3) is 0 Å². The summed E-state index contributed by atoms with van der Waals surface area (Å²) in [6, 6.07) is 6.34. The summed E-state index contributed by atoms with van der Waals surface area (Å²) in [6.45, 7) is 6.45. The molecule has 4 heteroatoms. The lowest BCUT2D eigenvalue weighted by Gasteiger charge is -2.26. The van der Waals surface area contributed by atoms with Crippen LogP contribution in [0.25, 0.3) is 11.4 Å². The molecule has 3 rings (SSSR count). The van der Waals surface area contributed by atoms with Crippen LogP contribution in [-0.2, 0) is 13.1 Å². The maximum atomic E-state index is 4.61. The van der Waals surface area contributed by atoms with Gasteiger partial charge in [-0.15, -0.1) is 0 Å². The zero-order valence-corrected chi connectivity index (χ0v) is 12.1. The minimum Gasteiger partial charge on any atom is -0.299 e. The molecule has 3 heterocycles. The van der Waals surface area contributed by atoms with Crippen LogP contribution in [0.15, 0.2) is 30.6 Å². The Morgan fingerprint density at radius 2 is 1.95 bits per heavy atom. The van der Waals surface area contributed by atoms with E-state index in [1.165, 1.54) is 37.9 Å². The van der Waals surface area contributed by atoms with Crippen LogP contribution in [0, 0.1) is 0 Å². The molecule has 0 spiro atoms. The van der Waals surface area contributed by atoms with Crippen molar-refractivity contribution in [2.45, 2.75) is 39.3 Å². The zero-order valence-electron chi connectivity index (χ0n) is 12.1. The van der Waals surface area contributed by atoms with Crippen LogP contribution >= 0.6 is 0 Å². The second-order valence-electron chi connectivity index (χ2n) is 5.42. The Labute approximate surface area is 120 Å². The van der Waals surface area contributed by atoms with Crippen molar-refractivity contribution in [3.8, 4) is 11.4 Å². The second kappa shape index (κ2) is 6.18. The lowest BCUT2D eigenvalue weighted by Crippen LogP contribution is -2.29. The van der Waals surface area contributed by atoms with Gasteiger partial charge in [-0.25, -0.2) is 0 Å². The molecule has 0 radical (unpaired) electrons. The van der Waals surface area contributed by atoms with Gasteiger partial charge in [0.2, 0.25) is 0 Å². The van der Waals surface area contributed by atoms with Crippen LogP contribution in [0.5, 0.6) is 0 Å². The number of hydrogen-bond donors (Lipinski definition) is 0. The molecule has 1 aliphatic rings. The maximum Gasteiger partial charge on any atom is 0.0883 e. The van der Waals surface area contributed by atoms with Gasteiger partial charge >= 0.3 is 0 Å². The third-order valence-corrected chi connectivity index (χ3v) is 3.96. The molecule has 0 aliphatic carbocycles. The van der Waals surface area contributed by atoms with Gasteiger partial charge in [0.05, 0.1) is 11.4 Å². The summed E-state index contributed by atoms with van der Waals surface area (Å²) in [6.07, 6.45) is 7.90. The maximum absolute atomic E-state index is 4.61. The molecule has 0 aromatic carbocycles. The van der Waals surface area contributed by atoms with Gasteiger partial charge < -0.3 is 0 Å². The van der Waals surface area contributed by atoms with Crippen LogP contribution < -0.4 is 0 Å². The average molecular weight is 270 g/mol. The summed E-state index contributed by atoms with van der Waals surface area (Å²) in [7, 11) is 0. The van der Waals surface area contributed by atoms with Crippen LogP contribution in [0.3, 0.4) is 0 Å². The molecule has 20 heavy (non-hydrogen) atoms. The minimum atomic E-state index is 0.875. The number of rotatable bonds is 4. The Bertz CT molecular complexity index is 538. The quantitative estimate of drug-likeness (QED) is 0.856. The molecule has 0 unspecified atom stereocenters. The summed E-state index contributed by atoms with van der Waals surface area (Å²) in [5.74, 6) is 0. The van der Waals surface area contributed by atoms with Crippen LogP contribution in [-0.4, -0.2) is 32.8 Å². The Hall–Kier alpha value is -1.68. The Morgan fingerprint density at radius 3 is 2.65 bits per heavy atom. The van der Waals surface area contributed by atoms with E-state index in [1.54, 1.807) is 0 Å². The normalized spacial score (nSPS) is 16.4. The largest absolute Gasteiger partial charge is 0.299 e. The smallest absolute Gasteiger partial charge is 0.0883 e. The summed E-state index contributed by atoms with van der Waals surface area (Å²) in [5.41, 5.74) is 3.40. The molecule has 0 saturated carbocycles. The van der Waals surface area contributed by atoms with E-state index in [0.29, 0.717) is 0 Å².